The van der Waals surface area contributed by atoms with E-state index in [1.807, 2.05) is 0 Å². The van der Waals surface area contributed by atoms with Gasteiger partial charge in [-0.25, -0.2) is 0 Å². The van der Waals surface area contributed by atoms with Crippen molar-refractivity contribution in [2.75, 3.05) is 0 Å². The summed E-state index contributed by atoms with van der Waals surface area (Å²) in [5.41, 5.74) is 4.09. The summed E-state index contributed by atoms with van der Waals surface area (Å²) >= 11 is 0. The molecule has 0 aromatic heterocycles. The summed E-state index contributed by atoms with van der Waals surface area (Å²) in [6.07, 6.45) is 6.64. The molecule has 1 aliphatic rings. The van der Waals surface area contributed by atoms with Crippen LogP contribution in [0.2, 0.25) is 0 Å². The first-order chi connectivity index (χ1) is 4.72. The highest BCUT2D eigenvalue weighted by Crippen LogP contribution is 2.22. The topological polar surface area (TPSA) is 0 Å². The van der Waals surface area contributed by atoms with Gasteiger partial charge in [0.25, 0.3) is 0 Å². The van der Waals surface area contributed by atoms with Gasteiger partial charge in [-0.05, 0) is 19.8 Å². The second-order valence-corrected chi connectivity index (χ2v) is 2.88. The molecular formula is C10H14. The van der Waals surface area contributed by atoms with E-state index in [0.29, 0.717) is 0 Å². The van der Waals surface area contributed by atoms with Crippen molar-refractivity contribution >= 4 is 0 Å². The Morgan fingerprint density at radius 1 is 1.50 bits per heavy atom. The molecule has 0 saturated carbocycles. The largest absolute Gasteiger partial charge is 0.0955 e. The van der Waals surface area contributed by atoms with Gasteiger partial charge in [0.2, 0.25) is 0 Å². The van der Waals surface area contributed by atoms with Crippen LogP contribution in [0.25, 0.3) is 0 Å². The van der Waals surface area contributed by atoms with E-state index in [-0.39, 0.29) is 0 Å². The third kappa shape index (κ3) is 1.60. The number of allylic oxidation sites excluding steroid dienone is 5. The third-order valence-electron chi connectivity index (χ3n) is 1.77. The van der Waals surface area contributed by atoms with Gasteiger partial charge in [0.1, 0.15) is 0 Å². The van der Waals surface area contributed by atoms with Crippen LogP contribution in [0, 0.1) is 0 Å². The summed E-state index contributed by atoms with van der Waals surface area (Å²) in [4.78, 5) is 0. The van der Waals surface area contributed by atoms with Crippen molar-refractivity contribution in [3.8, 4) is 0 Å². The number of hydrogen-bond acceptors (Lipinski definition) is 0. The van der Waals surface area contributed by atoms with Crippen LogP contribution in [-0.4, -0.2) is 0 Å². The molecule has 0 aliphatic heterocycles. The third-order valence-corrected chi connectivity index (χ3v) is 1.77. The fraction of sp³-hybridized carbons (Fsp3) is 0.400. The minimum Gasteiger partial charge on any atom is -0.0955 e. The lowest BCUT2D eigenvalue weighted by Crippen LogP contribution is -1.91. The van der Waals surface area contributed by atoms with Crippen LogP contribution in [0.1, 0.15) is 26.7 Å². The highest BCUT2D eigenvalue weighted by Gasteiger charge is 2.02. The molecule has 0 bridgehead atoms. The molecule has 0 heteroatoms. The fourth-order valence-corrected chi connectivity index (χ4v) is 1.31. The van der Waals surface area contributed by atoms with E-state index in [0.717, 1.165) is 12.8 Å². The summed E-state index contributed by atoms with van der Waals surface area (Å²) in [5.74, 6) is 0. The lowest BCUT2D eigenvalue weighted by atomic mass is 9.95. The van der Waals surface area contributed by atoms with Gasteiger partial charge in [0.15, 0.2) is 0 Å². The van der Waals surface area contributed by atoms with Crippen molar-refractivity contribution < 1.29 is 0 Å². The highest BCUT2D eigenvalue weighted by atomic mass is 14.1. The van der Waals surface area contributed by atoms with Gasteiger partial charge in [-0.1, -0.05) is 42.4 Å². The van der Waals surface area contributed by atoms with E-state index in [9.17, 15) is 0 Å². The molecule has 0 amide bonds. The molecule has 0 aromatic carbocycles. The zero-order chi connectivity index (χ0) is 7.56. The van der Waals surface area contributed by atoms with E-state index >= 15 is 0 Å². The van der Waals surface area contributed by atoms with E-state index in [2.05, 4.69) is 32.6 Å². The van der Waals surface area contributed by atoms with Gasteiger partial charge in [0, 0.05) is 0 Å². The van der Waals surface area contributed by atoms with Gasteiger partial charge in [-0.3, -0.25) is 0 Å². The van der Waals surface area contributed by atoms with Crippen LogP contribution in [0.3, 0.4) is 0 Å². The lowest BCUT2D eigenvalue weighted by Gasteiger charge is -2.10. The van der Waals surface area contributed by atoms with Gasteiger partial charge in [-0.15, -0.1) is 0 Å². The average molecular weight is 134 g/mol. The quantitative estimate of drug-likeness (QED) is 0.516. The first kappa shape index (κ1) is 7.33. The van der Waals surface area contributed by atoms with Crippen LogP contribution in [-0.2, 0) is 0 Å². The molecular weight excluding hydrogens is 120 g/mol. The molecule has 1 rings (SSSR count). The summed E-state index contributed by atoms with van der Waals surface area (Å²) in [6.45, 7) is 8.26. The maximum atomic E-state index is 3.95. The number of rotatable bonds is 1. The average Bonchev–Trinajstić information content (AvgIpc) is 1.85. The van der Waals surface area contributed by atoms with Crippen molar-refractivity contribution in [2.45, 2.75) is 26.7 Å². The number of hydrogen-bond donors (Lipinski definition) is 0. The summed E-state index contributed by atoms with van der Waals surface area (Å²) < 4.78 is 0. The van der Waals surface area contributed by atoms with Crippen molar-refractivity contribution in [3.05, 3.63) is 35.5 Å². The van der Waals surface area contributed by atoms with Crippen LogP contribution < -0.4 is 0 Å². The molecule has 0 atom stereocenters. The maximum Gasteiger partial charge on any atom is -0.00698 e. The molecule has 0 saturated heterocycles. The Labute approximate surface area is 62.9 Å². The van der Waals surface area contributed by atoms with Crippen LogP contribution in [0.5, 0.6) is 0 Å². The molecule has 0 aromatic rings. The molecule has 0 nitrogen and oxygen atoms in total. The predicted molar refractivity (Wildman–Crippen MR) is 45.9 cm³/mol. The Hall–Kier alpha value is -0.780. The summed E-state index contributed by atoms with van der Waals surface area (Å²) in [5, 5.41) is 0. The van der Waals surface area contributed by atoms with E-state index in [1.54, 1.807) is 0 Å². The Bertz CT molecular complexity index is 204. The zero-order valence-corrected chi connectivity index (χ0v) is 6.78. The van der Waals surface area contributed by atoms with Crippen molar-refractivity contribution in [1.29, 1.82) is 0 Å². The minimum atomic E-state index is 1.08. The molecule has 10 heavy (non-hydrogen) atoms. The Kier molecular flexibility index (Phi) is 2.10. The molecule has 0 N–H and O–H groups in total. The lowest BCUT2D eigenvalue weighted by molar-refractivity contribution is 0.990. The van der Waals surface area contributed by atoms with Crippen molar-refractivity contribution in [1.82, 2.24) is 0 Å². The van der Waals surface area contributed by atoms with Crippen molar-refractivity contribution in [2.24, 2.45) is 0 Å². The van der Waals surface area contributed by atoms with Crippen molar-refractivity contribution in [3.63, 3.8) is 0 Å². The fourth-order valence-electron chi connectivity index (χ4n) is 1.31. The SMILES string of the molecule is C=C1C=C(C)C=C(CC)C1. The molecule has 1 aliphatic carbocycles. The highest BCUT2D eigenvalue weighted by molar-refractivity contribution is 5.37. The standard InChI is InChI=1S/C10H14/c1-4-10-6-8(2)5-9(3)7-10/h5,7H,2,4,6H2,1,3H3. The minimum absolute atomic E-state index is 1.08. The van der Waals surface area contributed by atoms with Gasteiger partial charge >= 0.3 is 0 Å². The molecule has 0 heterocycles. The smallest absolute Gasteiger partial charge is 0.00698 e. The van der Waals surface area contributed by atoms with Crippen LogP contribution >= 0.6 is 0 Å². The van der Waals surface area contributed by atoms with Gasteiger partial charge < -0.3 is 0 Å². The molecule has 54 valence electrons. The maximum absolute atomic E-state index is 3.95. The second-order valence-electron chi connectivity index (χ2n) is 2.88. The van der Waals surface area contributed by atoms with Gasteiger partial charge in [0.05, 0.1) is 0 Å². The van der Waals surface area contributed by atoms with E-state index in [4.69, 9.17) is 0 Å². The van der Waals surface area contributed by atoms with Gasteiger partial charge in [-0.2, -0.15) is 0 Å². The van der Waals surface area contributed by atoms with Crippen LogP contribution in [0.15, 0.2) is 35.5 Å². The normalized spacial score (nSPS) is 18.4. The molecule has 0 unspecified atom stereocenters. The first-order valence-electron chi connectivity index (χ1n) is 3.78. The summed E-state index contributed by atoms with van der Waals surface area (Å²) in [7, 11) is 0. The Morgan fingerprint density at radius 3 is 2.70 bits per heavy atom. The zero-order valence-electron chi connectivity index (χ0n) is 6.78. The Morgan fingerprint density at radius 2 is 2.20 bits per heavy atom. The Balaban J connectivity index is 2.80. The van der Waals surface area contributed by atoms with E-state index < -0.39 is 0 Å². The van der Waals surface area contributed by atoms with E-state index in [1.165, 1.54) is 16.7 Å². The summed E-state index contributed by atoms with van der Waals surface area (Å²) in [6, 6.07) is 0. The molecule has 0 spiro atoms. The molecule has 0 fully saturated rings. The predicted octanol–water partition coefficient (Wildman–Crippen LogP) is 3.23. The monoisotopic (exact) mass is 134 g/mol. The second kappa shape index (κ2) is 2.87. The first-order valence-corrected chi connectivity index (χ1v) is 3.78. The molecule has 0 radical (unpaired) electrons. The van der Waals surface area contributed by atoms with Crippen LogP contribution in [0.4, 0.5) is 0 Å².